The molecule has 0 amide bonds. The van der Waals surface area contributed by atoms with Crippen LogP contribution in [0.15, 0.2) is 24.7 Å². The molecule has 3 heterocycles. The molecule has 0 fully saturated rings. The number of rotatable bonds is 5. The lowest BCUT2D eigenvalue weighted by Gasteiger charge is -2.06. The molecule has 3 rings (SSSR count). The van der Waals surface area contributed by atoms with Gasteiger partial charge < -0.3 is 15.4 Å². The Morgan fingerprint density at radius 2 is 2.04 bits per heavy atom. The van der Waals surface area contributed by atoms with Crippen molar-refractivity contribution in [1.82, 2.24) is 19.9 Å². The summed E-state index contributed by atoms with van der Waals surface area (Å²) in [6.07, 6.45) is 4.05. The van der Waals surface area contributed by atoms with E-state index in [-0.39, 0.29) is 24.6 Å². The maximum absolute atomic E-state index is 13.7. The van der Waals surface area contributed by atoms with Crippen molar-refractivity contribution in [3.05, 3.63) is 35.5 Å². The number of fused-ring (bicyclic) bond motifs is 1. The molecule has 0 aromatic carbocycles. The number of aromatic amines is 1. The molecule has 27 heavy (non-hydrogen) atoms. The summed E-state index contributed by atoms with van der Waals surface area (Å²) in [5, 5.41) is 12.4. The number of H-pyrrole nitrogens is 1. The Kier molecular flexibility index (Phi) is 7.06. The minimum Gasteiger partial charge on any atom is -0.481 e. The maximum atomic E-state index is 13.7. The van der Waals surface area contributed by atoms with Gasteiger partial charge in [-0.3, -0.25) is 4.79 Å². The molecule has 0 saturated carbocycles. The minimum atomic E-state index is -0.982. The number of carboxylic acids is 1. The summed E-state index contributed by atoms with van der Waals surface area (Å²) >= 11 is 5.94. The van der Waals surface area contributed by atoms with Crippen molar-refractivity contribution in [2.45, 2.75) is 27.2 Å². The first-order chi connectivity index (χ1) is 12.8. The fourth-order valence-electron chi connectivity index (χ4n) is 2.07. The standard InChI is InChI=1S/C14H11ClFN5O2.C4H10/c15-7-3-8-9(5-19-12(8)18-4-7)13-20-6-10(16)14(21-13)17-2-1-11(22)23;1-4(2)3/h3-6H,1-2H2,(H,18,19)(H,22,23)(H,17,20,21);4H,1-3H3. The van der Waals surface area contributed by atoms with Crippen LogP contribution in [0.5, 0.6) is 0 Å². The van der Waals surface area contributed by atoms with Crippen LogP contribution in [0.4, 0.5) is 10.2 Å². The molecule has 3 aromatic rings. The summed E-state index contributed by atoms with van der Waals surface area (Å²) in [5.41, 5.74) is 1.23. The molecule has 0 bridgehead atoms. The van der Waals surface area contributed by atoms with E-state index in [1.165, 1.54) is 6.20 Å². The number of pyridine rings is 1. The van der Waals surface area contributed by atoms with E-state index in [0.29, 0.717) is 21.6 Å². The summed E-state index contributed by atoms with van der Waals surface area (Å²) in [7, 11) is 0. The molecule has 3 aromatic heterocycles. The maximum Gasteiger partial charge on any atom is 0.305 e. The zero-order valence-electron chi connectivity index (χ0n) is 15.3. The third kappa shape index (κ3) is 5.89. The largest absolute Gasteiger partial charge is 0.481 e. The Labute approximate surface area is 161 Å². The van der Waals surface area contributed by atoms with Crippen LogP contribution in [0.3, 0.4) is 0 Å². The summed E-state index contributed by atoms with van der Waals surface area (Å²) in [5.74, 6) is -0.584. The van der Waals surface area contributed by atoms with Crippen LogP contribution < -0.4 is 5.32 Å². The van der Waals surface area contributed by atoms with Crippen molar-refractivity contribution in [2.24, 2.45) is 5.92 Å². The molecule has 144 valence electrons. The van der Waals surface area contributed by atoms with Gasteiger partial charge in [-0.2, -0.15) is 0 Å². The molecule has 0 aliphatic heterocycles. The van der Waals surface area contributed by atoms with Gasteiger partial charge in [-0.1, -0.05) is 32.4 Å². The van der Waals surface area contributed by atoms with Gasteiger partial charge in [0.25, 0.3) is 0 Å². The Morgan fingerprint density at radius 1 is 1.33 bits per heavy atom. The Morgan fingerprint density at radius 3 is 2.70 bits per heavy atom. The highest BCUT2D eigenvalue weighted by atomic mass is 35.5. The van der Waals surface area contributed by atoms with E-state index in [4.69, 9.17) is 16.7 Å². The van der Waals surface area contributed by atoms with E-state index >= 15 is 0 Å². The number of aliphatic carboxylic acids is 1. The molecule has 0 unspecified atom stereocenters. The van der Waals surface area contributed by atoms with Gasteiger partial charge in [0.15, 0.2) is 17.5 Å². The number of nitrogens with one attached hydrogen (secondary N) is 2. The van der Waals surface area contributed by atoms with E-state index < -0.39 is 11.8 Å². The summed E-state index contributed by atoms with van der Waals surface area (Å²) in [4.78, 5) is 25.7. The van der Waals surface area contributed by atoms with E-state index in [9.17, 15) is 9.18 Å². The normalized spacial score (nSPS) is 10.6. The first kappa shape index (κ1) is 20.6. The first-order valence-electron chi connectivity index (χ1n) is 8.39. The van der Waals surface area contributed by atoms with Gasteiger partial charge in [-0.15, -0.1) is 0 Å². The molecule has 9 heteroatoms. The summed E-state index contributed by atoms with van der Waals surface area (Å²) in [6.45, 7) is 6.56. The molecular formula is C18H21ClFN5O2. The Balaban J connectivity index is 0.000000596. The van der Waals surface area contributed by atoms with Crippen molar-refractivity contribution in [3.63, 3.8) is 0 Å². The predicted octanol–water partition coefficient (Wildman–Crippen LogP) is 4.36. The van der Waals surface area contributed by atoms with Gasteiger partial charge in [0.2, 0.25) is 0 Å². The second-order valence-electron chi connectivity index (χ2n) is 6.44. The fraction of sp³-hybridized carbons (Fsp3) is 0.333. The lowest BCUT2D eigenvalue weighted by Crippen LogP contribution is -2.10. The van der Waals surface area contributed by atoms with Crippen molar-refractivity contribution >= 4 is 34.4 Å². The van der Waals surface area contributed by atoms with Gasteiger partial charge in [0, 0.05) is 29.9 Å². The van der Waals surface area contributed by atoms with Crippen molar-refractivity contribution in [3.8, 4) is 11.4 Å². The first-order valence-corrected chi connectivity index (χ1v) is 8.77. The van der Waals surface area contributed by atoms with E-state index in [1.807, 2.05) is 0 Å². The second-order valence-corrected chi connectivity index (χ2v) is 6.88. The van der Waals surface area contributed by atoms with E-state index in [2.05, 4.69) is 46.0 Å². The van der Waals surface area contributed by atoms with Crippen LogP contribution >= 0.6 is 11.6 Å². The average Bonchev–Trinajstić information content (AvgIpc) is 2.99. The molecule has 7 nitrogen and oxygen atoms in total. The lowest BCUT2D eigenvalue weighted by molar-refractivity contribution is -0.136. The minimum absolute atomic E-state index is 0.0550. The smallest absolute Gasteiger partial charge is 0.305 e. The van der Waals surface area contributed by atoms with Crippen molar-refractivity contribution < 1.29 is 14.3 Å². The number of hydrogen-bond acceptors (Lipinski definition) is 5. The average molecular weight is 394 g/mol. The topological polar surface area (TPSA) is 104 Å². The molecule has 0 aliphatic rings. The molecule has 0 spiro atoms. The van der Waals surface area contributed by atoms with Crippen LogP contribution in [0, 0.1) is 11.7 Å². The van der Waals surface area contributed by atoms with Crippen LogP contribution in [0.25, 0.3) is 22.4 Å². The molecule has 0 atom stereocenters. The number of hydrogen-bond donors (Lipinski definition) is 3. The molecule has 0 radical (unpaired) electrons. The van der Waals surface area contributed by atoms with Crippen molar-refractivity contribution in [1.29, 1.82) is 0 Å². The third-order valence-electron chi connectivity index (χ3n) is 3.11. The van der Waals surface area contributed by atoms with Gasteiger partial charge >= 0.3 is 5.97 Å². The quantitative estimate of drug-likeness (QED) is 0.595. The molecule has 3 N–H and O–H groups in total. The zero-order valence-corrected chi connectivity index (χ0v) is 16.0. The van der Waals surface area contributed by atoms with Crippen LogP contribution in [-0.2, 0) is 4.79 Å². The monoisotopic (exact) mass is 393 g/mol. The number of aromatic nitrogens is 4. The van der Waals surface area contributed by atoms with Gasteiger partial charge in [-0.25, -0.2) is 19.3 Å². The van der Waals surface area contributed by atoms with Crippen molar-refractivity contribution in [2.75, 3.05) is 11.9 Å². The highest BCUT2D eigenvalue weighted by molar-refractivity contribution is 6.31. The number of anilines is 1. The fourth-order valence-corrected chi connectivity index (χ4v) is 2.23. The summed E-state index contributed by atoms with van der Waals surface area (Å²) < 4.78 is 13.7. The number of halogens is 2. The number of nitrogens with zero attached hydrogens (tertiary/aromatic N) is 3. The van der Waals surface area contributed by atoms with Crippen LogP contribution in [0.2, 0.25) is 5.02 Å². The Hall–Kier alpha value is -2.74. The molecule has 0 saturated heterocycles. The SMILES string of the molecule is CC(C)C.O=C(O)CCNc1nc(-c2c[nH]c3ncc(Cl)cc23)ncc1F. The Bertz CT molecular complexity index is 927. The summed E-state index contributed by atoms with van der Waals surface area (Å²) in [6, 6.07) is 1.71. The van der Waals surface area contributed by atoms with Gasteiger partial charge in [-0.05, 0) is 12.0 Å². The van der Waals surface area contributed by atoms with E-state index in [1.54, 1.807) is 12.3 Å². The van der Waals surface area contributed by atoms with Crippen LogP contribution in [-0.4, -0.2) is 37.6 Å². The highest BCUT2D eigenvalue weighted by Gasteiger charge is 2.13. The zero-order chi connectivity index (χ0) is 20.0. The molecular weight excluding hydrogens is 373 g/mol. The number of carboxylic acid groups (broad SMARTS) is 1. The van der Waals surface area contributed by atoms with Gasteiger partial charge in [0.05, 0.1) is 17.6 Å². The molecule has 0 aliphatic carbocycles. The third-order valence-corrected chi connectivity index (χ3v) is 3.32. The van der Waals surface area contributed by atoms with Gasteiger partial charge in [0.1, 0.15) is 5.65 Å². The predicted molar refractivity (Wildman–Crippen MR) is 103 cm³/mol. The highest BCUT2D eigenvalue weighted by Crippen LogP contribution is 2.28. The van der Waals surface area contributed by atoms with E-state index in [0.717, 1.165) is 12.1 Å². The van der Waals surface area contributed by atoms with Crippen LogP contribution in [0.1, 0.15) is 27.2 Å². The lowest BCUT2D eigenvalue weighted by atomic mass is 10.2. The second kappa shape index (κ2) is 9.27. The number of carbonyl (C=O) groups is 1.